The lowest BCUT2D eigenvalue weighted by Gasteiger charge is -2.18. The highest BCUT2D eigenvalue weighted by atomic mass is 32.1. The molecule has 0 amide bonds. The van der Waals surface area contributed by atoms with Crippen molar-refractivity contribution in [3.8, 4) is 10.6 Å². The number of anilines is 1. The van der Waals surface area contributed by atoms with Crippen molar-refractivity contribution in [2.75, 3.05) is 5.43 Å². The van der Waals surface area contributed by atoms with Crippen LogP contribution in [0.15, 0.2) is 24.3 Å². The van der Waals surface area contributed by atoms with Crippen molar-refractivity contribution in [1.29, 1.82) is 0 Å². The third-order valence-electron chi connectivity index (χ3n) is 2.93. The molecule has 3 N–H and O–H groups in total. The zero-order valence-corrected chi connectivity index (χ0v) is 12.1. The SMILES string of the molecule is Cc1nc(-c2ccc(C(C)(C)C)cc2)sc1NN. The molecule has 0 saturated carbocycles. The van der Waals surface area contributed by atoms with Crippen LogP contribution in [0.25, 0.3) is 10.6 Å². The first-order valence-electron chi connectivity index (χ1n) is 5.97. The quantitative estimate of drug-likeness (QED) is 0.640. The molecule has 96 valence electrons. The van der Waals surface area contributed by atoms with E-state index in [0.29, 0.717) is 0 Å². The van der Waals surface area contributed by atoms with Gasteiger partial charge in [-0.2, -0.15) is 0 Å². The van der Waals surface area contributed by atoms with Crippen molar-refractivity contribution in [2.45, 2.75) is 33.1 Å². The van der Waals surface area contributed by atoms with Gasteiger partial charge in [0.25, 0.3) is 0 Å². The number of thiazole rings is 1. The number of nitrogens with zero attached hydrogens (tertiary/aromatic N) is 1. The summed E-state index contributed by atoms with van der Waals surface area (Å²) >= 11 is 1.58. The number of nitrogens with two attached hydrogens (primary N) is 1. The molecular weight excluding hydrogens is 242 g/mol. The second-order valence-corrected chi connectivity index (χ2v) is 6.40. The molecule has 0 spiro atoms. The van der Waals surface area contributed by atoms with E-state index in [1.165, 1.54) is 5.56 Å². The number of nitrogen functional groups attached to an aromatic ring is 1. The van der Waals surface area contributed by atoms with Gasteiger partial charge >= 0.3 is 0 Å². The van der Waals surface area contributed by atoms with Crippen LogP contribution in [0.1, 0.15) is 32.0 Å². The van der Waals surface area contributed by atoms with E-state index < -0.39 is 0 Å². The van der Waals surface area contributed by atoms with Crippen molar-refractivity contribution in [2.24, 2.45) is 5.84 Å². The second-order valence-electron chi connectivity index (χ2n) is 5.41. The number of hydrazine groups is 1. The lowest BCUT2D eigenvalue weighted by Crippen LogP contribution is -2.10. The summed E-state index contributed by atoms with van der Waals surface area (Å²) in [4.78, 5) is 4.52. The van der Waals surface area contributed by atoms with Crippen molar-refractivity contribution in [1.82, 2.24) is 4.98 Å². The molecule has 0 fully saturated rings. The highest BCUT2D eigenvalue weighted by Gasteiger charge is 2.14. The standard InChI is InChI=1S/C14H19N3S/c1-9-12(17-15)18-13(16-9)10-5-7-11(8-6-10)14(2,3)4/h5-8,17H,15H2,1-4H3. The first-order chi connectivity index (χ1) is 8.41. The van der Waals surface area contributed by atoms with Gasteiger partial charge in [0.05, 0.1) is 5.69 Å². The third kappa shape index (κ3) is 2.54. The number of aryl methyl sites for hydroxylation is 1. The first-order valence-corrected chi connectivity index (χ1v) is 6.78. The fourth-order valence-electron chi connectivity index (χ4n) is 1.77. The first kappa shape index (κ1) is 13.1. The van der Waals surface area contributed by atoms with E-state index in [4.69, 9.17) is 5.84 Å². The van der Waals surface area contributed by atoms with Gasteiger partial charge in [-0.25, -0.2) is 10.8 Å². The molecule has 0 saturated heterocycles. The minimum absolute atomic E-state index is 0.182. The van der Waals surface area contributed by atoms with Crippen molar-refractivity contribution in [3.05, 3.63) is 35.5 Å². The average Bonchev–Trinajstić information content (AvgIpc) is 2.69. The highest BCUT2D eigenvalue weighted by Crippen LogP contribution is 2.32. The zero-order chi connectivity index (χ0) is 13.3. The Bertz CT molecular complexity index is 535. The summed E-state index contributed by atoms with van der Waals surface area (Å²) in [6, 6.07) is 8.58. The number of rotatable bonds is 2. The van der Waals surface area contributed by atoms with Gasteiger partial charge in [0.1, 0.15) is 10.0 Å². The van der Waals surface area contributed by atoms with E-state index in [0.717, 1.165) is 21.3 Å². The molecule has 2 aromatic rings. The van der Waals surface area contributed by atoms with Crippen molar-refractivity contribution < 1.29 is 0 Å². The maximum Gasteiger partial charge on any atom is 0.126 e. The Kier molecular flexibility index (Phi) is 3.41. The largest absolute Gasteiger partial charge is 0.314 e. The van der Waals surface area contributed by atoms with Gasteiger partial charge < -0.3 is 5.43 Å². The van der Waals surface area contributed by atoms with Gasteiger partial charge in [0.2, 0.25) is 0 Å². The summed E-state index contributed by atoms with van der Waals surface area (Å²) < 4.78 is 0. The summed E-state index contributed by atoms with van der Waals surface area (Å²) in [5.74, 6) is 5.44. The predicted octanol–water partition coefficient (Wildman–Crippen LogP) is 3.70. The van der Waals surface area contributed by atoms with Gasteiger partial charge in [-0.3, -0.25) is 0 Å². The van der Waals surface area contributed by atoms with Crippen LogP contribution in [-0.4, -0.2) is 4.98 Å². The van der Waals surface area contributed by atoms with E-state index in [2.05, 4.69) is 55.4 Å². The van der Waals surface area contributed by atoms with Crippen LogP contribution in [0.3, 0.4) is 0 Å². The fraction of sp³-hybridized carbons (Fsp3) is 0.357. The van der Waals surface area contributed by atoms with Gasteiger partial charge in [-0.1, -0.05) is 56.4 Å². The summed E-state index contributed by atoms with van der Waals surface area (Å²) in [6.07, 6.45) is 0. The molecular formula is C14H19N3S. The maximum atomic E-state index is 5.44. The maximum absolute atomic E-state index is 5.44. The summed E-state index contributed by atoms with van der Waals surface area (Å²) in [5.41, 5.74) is 6.27. The lowest BCUT2D eigenvalue weighted by atomic mass is 9.87. The Morgan fingerprint density at radius 1 is 1.17 bits per heavy atom. The minimum atomic E-state index is 0.182. The molecule has 1 aromatic carbocycles. The van der Waals surface area contributed by atoms with Gasteiger partial charge in [-0.05, 0) is 17.9 Å². The zero-order valence-electron chi connectivity index (χ0n) is 11.2. The van der Waals surface area contributed by atoms with Gasteiger partial charge in [0, 0.05) is 5.56 Å². The molecule has 2 rings (SSSR count). The Hall–Kier alpha value is -1.39. The Balaban J connectivity index is 2.34. The summed E-state index contributed by atoms with van der Waals surface area (Å²) in [5, 5.41) is 1.92. The van der Waals surface area contributed by atoms with Crippen LogP contribution >= 0.6 is 11.3 Å². The van der Waals surface area contributed by atoms with E-state index in [1.54, 1.807) is 11.3 Å². The third-order valence-corrected chi connectivity index (χ3v) is 4.06. The van der Waals surface area contributed by atoms with Crippen LogP contribution in [0.5, 0.6) is 0 Å². The van der Waals surface area contributed by atoms with Gasteiger partial charge in [-0.15, -0.1) is 0 Å². The smallest absolute Gasteiger partial charge is 0.126 e. The summed E-state index contributed by atoms with van der Waals surface area (Å²) in [7, 11) is 0. The number of nitrogens with one attached hydrogen (secondary N) is 1. The highest BCUT2D eigenvalue weighted by molar-refractivity contribution is 7.19. The Labute approximate surface area is 112 Å². The summed E-state index contributed by atoms with van der Waals surface area (Å²) in [6.45, 7) is 8.60. The average molecular weight is 261 g/mol. The number of benzene rings is 1. The molecule has 0 aliphatic heterocycles. The van der Waals surface area contributed by atoms with Crippen LogP contribution in [-0.2, 0) is 5.41 Å². The molecule has 0 atom stereocenters. The van der Waals surface area contributed by atoms with Crippen LogP contribution in [0, 0.1) is 6.92 Å². The molecule has 0 radical (unpaired) electrons. The molecule has 4 heteroatoms. The molecule has 0 aliphatic carbocycles. The van der Waals surface area contributed by atoms with Crippen LogP contribution in [0.2, 0.25) is 0 Å². The topological polar surface area (TPSA) is 50.9 Å². The van der Waals surface area contributed by atoms with E-state index in [9.17, 15) is 0 Å². The number of hydrogen-bond acceptors (Lipinski definition) is 4. The van der Waals surface area contributed by atoms with Gasteiger partial charge in [0.15, 0.2) is 0 Å². The monoisotopic (exact) mass is 261 g/mol. The molecule has 0 aliphatic rings. The lowest BCUT2D eigenvalue weighted by molar-refractivity contribution is 0.590. The molecule has 18 heavy (non-hydrogen) atoms. The Morgan fingerprint density at radius 2 is 1.78 bits per heavy atom. The predicted molar refractivity (Wildman–Crippen MR) is 78.8 cm³/mol. The number of hydrogen-bond donors (Lipinski definition) is 2. The van der Waals surface area contributed by atoms with Crippen molar-refractivity contribution >= 4 is 16.3 Å². The minimum Gasteiger partial charge on any atom is -0.314 e. The molecule has 0 unspecified atom stereocenters. The molecule has 0 bridgehead atoms. The number of aromatic nitrogens is 1. The normalized spacial score (nSPS) is 11.6. The Morgan fingerprint density at radius 3 is 2.22 bits per heavy atom. The van der Waals surface area contributed by atoms with Crippen LogP contribution in [0.4, 0.5) is 5.00 Å². The van der Waals surface area contributed by atoms with Crippen molar-refractivity contribution in [3.63, 3.8) is 0 Å². The fourth-order valence-corrected chi connectivity index (χ4v) is 2.65. The molecule has 1 heterocycles. The molecule has 3 nitrogen and oxygen atoms in total. The molecule has 1 aromatic heterocycles. The van der Waals surface area contributed by atoms with E-state index in [1.807, 2.05) is 6.92 Å². The van der Waals surface area contributed by atoms with Crippen LogP contribution < -0.4 is 11.3 Å². The van der Waals surface area contributed by atoms with E-state index in [-0.39, 0.29) is 5.41 Å². The second kappa shape index (κ2) is 4.71. The van der Waals surface area contributed by atoms with E-state index >= 15 is 0 Å².